The summed E-state index contributed by atoms with van der Waals surface area (Å²) in [6.07, 6.45) is -4.79. The van der Waals surface area contributed by atoms with Gasteiger partial charge in [-0.2, -0.15) is 13.2 Å². The molecule has 1 aromatic heterocycles. The van der Waals surface area contributed by atoms with Crippen LogP contribution in [0.25, 0.3) is 0 Å². The van der Waals surface area contributed by atoms with Crippen LogP contribution in [0.4, 0.5) is 13.2 Å². The Balaban J connectivity index is 3.54. The maximum absolute atomic E-state index is 12.4. The van der Waals surface area contributed by atoms with E-state index in [1.165, 1.54) is 13.8 Å². The van der Waals surface area contributed by atoms with Gasteiger partial charge < -0.3 is 5.11 Å². The van der Waals surface area contributed by atoms with Crippen molar-refractivity contribution in [2.45, 2.75) is 20.0 Å². The first-order valence-electron chi connectivity index (χ1n) is 3.89. The van der Waals surface area contributed by atoms with Gasteiger partial charge in [0, 0.05) is 0 Å². The number of aromatic nitrogens is 2. The summed E-state index contributed by atoms with van der Waals surface area (Å²) in [4.78, 5) is 17.3. The summed E-state index contributed by atoms with van der Waals surface area (Å²) in [5, 5.41) is 8.62. The van der Waals surface area contributed by atoms with Gasteiger partial charge in [0.2, 0.25) is 0 Å². The third-order valence-electron chi connectivity index (χ3n) is 1.68. The first-order chi connectivity index (χ1) is 6.73. The third kappa shape index (κ3) is 2.23. The molecular formula is C8H7F3N2O2. The van der Waals surface area contributed by atoms with E-state index in [0.29, 0.717) is 0 Å². The molecule has 0 saturated heterocycles. The van der Waals surface area contributed by atoms with E-state index in [1.54, 1.807) is 0 Å². The first kappa shape index (κ1) is 11.4. The van der Waals surface area contributed by atoms with Crippen molar-refractivity contribution in [1.82, 2.24) is 9.97 Å². The maximum atomic E-state index is 12.4. The summed E-state index contributed by atoms with van der Waals surface area (Å²) < 4.78 is 37.2. The minimum absolute atomic E-state index is 0.107. The Morgan fingerprint density at radius 1 is 1.27 bits per heavy atom. The number of aryl methyl sites for hydroxylation is 2. The van der Waals surface area contributed by atoms with Crippen LogP contribution < -0.4 is 0 Å². The lowest BCUT2D eigenvalue weighted by Gasteiger charge is -2.11. The Labute approximate surface area is 82.8 Å². The predicted octanol–water partition coefficient (Wildman–Crippen LogP) is 1.81. The smallest absolute Gasteiger partial charge is 0.434 e. The van der Waals surface area contributed by atoms with Crippen molar-refractivity contribution in [3.63, 3.8) is 0 Å². The second-order valence-corrected chi connectivity index (χ2v) is 2.88. The van der Waals surface area contributed by atoms with Crippen LogP contribution >= 0.6 is 0 Å². The van der Waals surface area contributed by atoms with E-state index >= 15 is 0 Å². The van der Waals surface area contributed by atoms with Gasteiger partial charge in [0.15, 0.2) is 5.69 Å². The zero-order valence-corrected chi connectivity index (χ0v) is 7.88. The fraction of sp³-hybridized carbons (Fsp3) is 0.375. The van der Waals surface area contributed by atoms with Gasteiger partial charge in [-0.15, -0.1) is 0 Å². The molecule has 0 aromatic carbocycles. The van der Waals surface area contributed by atoms with Crippen molar-refractivity contribution in [2.24, 2.45) is 0 Å². The van der Waals surface area contributed by atoms with Crippen LogP contribution in [0.15, 0.2) is 0 Å². The number of carboxylic acids is 1. The number of rotatable bonds is 1. The quantitative estimate of drug-likeness (QED) is 0.783. The zero-order chi connectivity index (χ0) is 11.8. The largest absolute Gasteiger partial charge is 0.478 e. The van der Waals surface area contributed by atoms with E-state index in [1.807, 2.05) is 0 Å². The molecule has 0 bridgehead atoms. The highest BCUT2D eigenvalue weighted by Gasteiger charge is 2.38. The molecule has 4 nitrogen and oxygen atoms in total. The zero-order valence-electron chi connectivity index (χ0n) is 7.88. The van der Waals surface area contributed by atoms with Crippen molar-refractivity contribution in [2.75, 3.05) is 0 Å². The number of halogens is 3. The molecule has 15 heavy (non-hydrogen) atoms. The minimum Gasteiger partial charge on any atom is -0.478 e. The molecule has 1 aromatic rings. The minimum atomic E-state index is -4.79. The fourth-order valence-electron chi connectivity index (χ4n) is 1.17. The summed E-state index contributed by atoms with van der Waals surface area (Å²) in [5.74, 6) is -1.79. The van der Waals surface area contributed by atoms with Gasteiger partial charge in [0.05, 0.1) is 5.69 Å². The van der Waals surface area contributed by atoms with Gasteiger partial charge in [-0.25, -0.2) is 14.8 Å². The Hall–Kier alpha value is -1.66. The van der Waals surface area contributed by atoms with E-state index < -0.39 is 23.4 Å². The number of carboxylic acid groups (broad SMARTS) is 1. The first-order valence-corrected chi connectivity index (χ1v) is 3.89. The van der Waals surface area contributed by atoms with Crippen molar-refractivity contribution in [1.29, 1.82) is 0 Å². The van der Waals surface area contributed by atoms with Crippen molar-refractivity contribution >= 4 is 5.97 Å². The lowest BCUT2D eigenvalue weighted by molar-refractivity contribution is -0.141. The molecule has 1 N–H and O–H groups in total. The highest BCUT2D eigenvalue weighted by molar-refractivity contribution is 5.90. The second kappa shape index (κ2) is 3.48. The highest BCUT2D eigenvalue weighted by Crippen LogP contribution is 2.31. The Morgan fingerprint density at radius 2 is 1.80 bits per heavy atom. The van der Waals surface area contributed by atoms with E-state index in [9.17, 15) is 18.0 Å². The molecular weight excluding hydrogens is 213 g/mol. The Kier molecular flexibility index (Phi) is 2.65. The molecule has 0 atom stereocenters. The molecule has 1 rings (SSSR count). The molecule has 0 saturated carbocycles. The van der Waals surface area contributed by atoms with Crippen molar-refractivity contribution < 1.29 is 23.1 Å². The number of hydrogen-bond acceptors (Lipinski definition) is 3. The van der Waals surface area contributed by atoms with Crippen LogP contribution in [0.1, 0.15) is 27.6 Å². The molecule has 0 aliphatic rings. The van der Waals surface area contributed by atoms with Gasteiger partial charge in [-0.3, -0.25) is 0 Å². The van der Waals surface area contributed by atoms with Gasteiger partial charge in [0.1, 0.15) is 11.4 Å². The summed E-state index contributed by atoms with van der Waals surface area (Å²) >= 11 is 0. The Morgan fingerprint density at radius 3 is 2.20 bits per heavy atom. The van der Waals surface area contributed by atoms with Crippen LogP contribution in [-0.4, -0.2) is 21.0 Å². The number of aromatic carboxylic acids is 1. The molecule has 0 radical (unpaired) electrons. The van der Waals surface area contributed by atoms with Crippen LogP contribution in [-0.2, 0) is 6.18 Å². The number of alkyl halides is 3. The van der Waals surface area contributed by atoms with Crippen molar-refractivity contribution in [3.8, 4) is 0 Å². The second-order valence-electron chi connectivity index (χ2n) is 2.88. The highest BCUT2D eigenvalue weighted by atomic mass is 19.4. The van der Waals surface area contributed by atoms with E-state index in [2.05, 4.69) is 9.97 Å². The van der Waals surface area contributed by atoms with Gasteiger partial charge in [-0.1, -0.05) is 0 Å². The molecule has 0 fully saturated rings. The third-order valence-corrected chi connectivity index (χ3v) is 1.68. The maximum Gasteiger partial charge on any atom is 0.434 e. The van der Waals surface area contributed by atoms with Gasteiger partial charge >= 0.3 is 12.1 Å². The number of hydrogen-bond donors (Lipinski definition) is 1. The molecule has 0 aliphatic heterocycles. The molecule has 7 heteroatoms. The number of carbonyl (C=O) groups is 1. The summed E-state index contributed by atoms with van der Waals surface area (Å²) in [6, 6.07) is 0. The standard InChI is InChI=1S/C8H7F3N2O2/c1-3-5(7(14)15)6(8(9,10)11)13-4(2)12-3/h1-2H3,(H,14,15). The molecule has 0 amide bonds. The topological polar surface area (TPSA) is 63.1 Å². The molecule has 1 heterocycles. The Bertz CT molecular complexity index is 415. The van der Waals surface area contributed by atoms with E-state index in [-0.39, 0.29) is 11.5 Å². The molecule has 82 valence electrons. The van der Waals surface area contributed by atoms with E-state index in [4.69, 9.17) is 5.11 Å². The fourth-order valence-corrected chi connectivity index (χ4v) is 1.17. The molecule has 0 spiro atoms. The van der Waals surface area contributed by atoms with Gasteiger partial charge in [-0.05, 0) is 13.8 Å². The normalized spacial score (nSPS) is 11.5. The molecule has 0 aliphatic carbocycles. The van der Waals surface area contributed by atoms with Crippen molar-refractivity contribution in [3.05, 3.63) is 22.8 Å². The van der Waals surface area contributed by atoms with Crippen LogP contribution in [0, 0.1) is 13.8 Å². The average Bonchev–Trinajstić information content (AvgIpc) is 1.99. The van der Waals surface area contributed by atoms with Crippen LogP contribution in [0.2, 0.25) is 0 Å². The monoisotopic (exact) mass is 220 g/mol. The predicted molar refractivity (Wildman–Crippen MR) is 43.5 cm³/mol. The summed E-state index contributed by atoms with van der Waals surface area (Å²) in [6.45, 7) is 2.47. The van der Waals surface area contributed by atoms with E-state index in [0.717, 1.165) is 0 Å². The SMILES string of the molecule is Cc1nc(C)c(C(=O)O)c(C(F)(F)F)n1. The van der Waals surface area contributed by atoms with Crippen LogP contribution in [0.3, 0.4) is 0 Å². The van der Waals surface area contributed by atoms with Crippen LogP contribution in [0.5, 0.6) is 0 Å². The lowest BCUT2D eigenvalue weighted by Crippen LogP contribution is -2.19. The summed E-state index contributed by atoms with van der Waals surface area (Å²) in [5.41, 5.74) is -2.49. The summed E-state index contributed by atoms with van der Waals surface area (Å²) in [7, 11) is 0. The molecule has 0 unspecified atom stereocenters. The number of nitrogens with zero attached hydrogens (tertiary/aromatic N) is 2. The average molecular weight is 220 g/mol. The lowest BCUT2D eigenvalue weighted by atomic mass is 10.1. The van der Waals surface area contributed by atoms with Gasteiger partial charge in [0.25, 0.3) is 0 Å².